The van der Waals surface area contributed by atoms with Gasteiger partial charge in [0, 0.05) is 24.3 Å². The molecule has 1 aromatic heterocycles. The van der Waals surface area contributed by atoms with Gasteiger partial charge in [-0.1, -0.05) is 36.8 Å². The van der Waals surface area contributed by atoms with Crippen LogP contribution < -0.4 is 9.64 Å². The van der Waals surface area contributed by atoms with Crippen molar-refractivity contribution >= 4 is 12.0 Å². The first-order valence-electron chi connectivity index (χ1n) is 9.42. The third-order valence-corrected chi connectivity index (χ3v) is 4.98. The Morgan fingerprint density at radius 3 is 2.46 bits per heavy atom. The lowest BCUT2D eigenvalue weighted by Crippen LogP contribution is -2.25. The van der Waals surface area contributed by atoms with Crippen molar-refractivity contribution in [2.45, 2.75) is 46.0 Å². The normalized spacial score (nSPS) is 13.6. The van der Waals surface area contributed by atoms with Gasteiger partial charge in [0.2, 0.25) is 0 Å². The molecule has 0 amide bonds. The van der Waals surface area contributed by atoms with Crippen LogP contribution in [-0.2, 0) is 12.8 Å². The number of carbonyl (C=O) groups is 1. The lowest BCUT2D eigenvalue weighted by atomic mass is 9.94. The van der Waals surface area contributed by atoms with E-state index in [2.05, 4.69) is 4.90 Å². The molecule has 5 heteroatoms. The van der Waals surface area contributed by atoms with E-state index in [1.54, 1.807) is 0 Å². The van der Waals surface area contributed by atoms with Crippen molar-refractivity contribution in [2.75, 3.05) is 18.0 Å². The quantitative estimate of drug-likeness (QED) is 0.610. The van der Waals surface area contributed by atoms with Crippen LogP contribution in [0, 0.1) is 0 Å². The highest BCUT2D eigenvalue weighted by Gasteiger charge is 2.26. The molecule has 1 aliphatic rings. The molecular weight excluding hydrogens is 328 g/mol. The second kappa shape index (κ2) is 8.21. The van der Waals surface area contributed by atoms with E-state index in [1.807, 2.05) is 44.2 Å². The summed E-state index contributed by atoms with van der Waals surface area (Å²) in [5.74, 6) is 1.00. The van der Waals surface area contributed by atoms with Crippen molar-refractivity contribution in [3.8, 4) is 16.9 Å². The van der Waals surface area contributed by atoms with E-state index in [0.717, 1.165) is 61.2 Å². The van der Waals surface area contributed by atoms with Gasteiger partial charge in [-0.25, -0.2) is 9.78 Å². The van der Waals surface area contributed by atoms with E-state index in [-0.39, 0.29) is 0 Å². The Morgan fingerprint density at radius 1 is 1.12 bits per heavy atom. The minimum absolute atomic E-state index is 0.369. The zero-order valence-corrected chi connectivity index (χ0v) is 15.5. The van der Waals surface area contributed by atoms with Gasteiger partial charge in [-0.3, -0.25) is 0 Å². The Bertz CT molecular complexity index is 771. The van der Waals surface area contributed by atoms with E-state index in [9.17, 15) is 9.90 Å². The number of ether oxygens (including phenoxy) is 1. The van der Waals surface area contributed by atoms with Crippen molar-refractivity contribution in [2.24, 2.45) is 0 Å². The van der Waals surface area contributed by atoms with Crippen LogP contribution in [0.1, 0.15) is 44.4 Å². The number of aryl methyl sites for hydroxylation is 1. The van der Waals surface area contributed by atoms with Gasteiger partial charge in [-0.2, -0.15) is 0 Å². The van der Waals surface area contributed by atoms with Crippen molar-refractivity contribution in [1.29, 1.82) is 0 Å². The molecule has 3 rings (SSSR count). The summed E-state index contributed by atoms with van der Waals surface area (Å²) in [6.45, 7) is 5.58. The molecule has 0 aliphatic heterocycles. The number of benzene rings is 1. The van der Waals surface area contributed by atoms with Crippen molar-refractivity contribution < 1.29 is 14.6 Å². The Labute approximate surface area is 154 Å². The maximum absolute atomic E-state index is 11.5. The number of anilines is 1. The number of pyridine rings is 1. The van der Waals surface area contributed by atoms with Gasteiger partial charge in [0.25, 0.3) is 0 Å². The first-order chi connectivity index (χ1) is 12.7. The van der Waals surface area contributed by atoms with Crippen LogP contribution in [0.3, 0.4) is 0 Å². The maximum atomic E-state index is 11.5. The highest BCUT2D eigenvalue weighted by molar-refractivity contribution is 5.83. The molecule has 0 radical (unpaired) electrons. The van der Waals surface area contributed by atoms with E-state index in [0.29, 0.717) is 11.6 Å². The number of aromatic nitrogens is 1. The van der Waals surface area contributed by atoms with E-state index < -0.39 is 6.16 Å². The van der Waals surface area contributed by atoms with Gasteiger partial charge in [0.05, 0.1) is 0 Å². The second-order valence-electron chi connectivity index (χ2n) is 6.53. The third-order valence-electron chi connectivity index (χ3n) is 4.98. The molecule has 1 aliphatic carbocycles. The topological polar surface area (TPSA) is 62.7 Å². The fourth-order valence-electron chi connectivity index (χ4n) is 3.72. The van der Waals surface area contributed by atoms with Gasteiger partial charge in [0.15, 0.2) is 11.6 Å². The van der Waals surface area contributed by atoms with Crippen LogP contribution in [0.5, 0.6) is 5.75 Å². The summed E-state index contributed by atoms with van der Waals surface area (Å²) >= 11 is 0. The van der Waals surface area contributed by atoms with Gasteiger partial charge < -0.3 is 14.7 Å². The molecule has 0 fully saturated rings. The molecule has 138 valence electrons. The largest absolute Gasteiger partial charge is 0.511 e. The molecule has 1 heterocycles. The van der Waals surface area contributed by atoms with E-state index >= 15 is 0 Å². The fraction of sp³-hybridized carbons (Fsp3) is 0.429. The smallest absolute Gasteiger partial charge is 0.449 e. The molecule has 0 saturated carbocycles. The predicted octanol–water partition coefficient (Wildman–Crippen LogP) is 4.92. The van der Waals surface area contributed by atoms with Gasteiger partial charge in [-0.05, 0) is 50.7 Å². The molecule has 26 heavy (non-hydrogen) atoms. The van der Waals surface area contributed by atoms with Crippen LogP contribution in [0.2, 0.25) is 0 Å². The maximum Gasteiger partial charge on any atom is 0.511 e. The number of hydrogen-bond acceptors (Lipinski definition) is 4. The molecule has 2 aromatic rings. The molecular formula is C21H26N2O3. The lowest BCUT2D eigenvalue weighted by Gasteiger charge is -2.26. The zero-order valence-electron chi connectivity index (χ0n) is 15.5. The lowest BCUT2D eigenvalue weighted by molar-refractivity contribution is 0.144. The number of nitrogens with zero attached hydrogens (tertiary/aromatic N) is 2. The second-order valence-corrected chi connectivity index (χ2v) is 6.53. The summed E-state index contributed by atoms with van der Waals surface area (Å²) in [5.41, 5.74) is 4.10. The molecule has 0 bridgehead atoms. The summed E-state index contributed by atoms with van der Waals surface area (Å²) in [4.78, 5) is 18.4. The summed E-state index contributed by atoms with van der Waals surface area (Å²) in [5, 5.41) is 9.38. The van der Waals surface area contributed by atoms with Crippen LogP contribution in [0.15, 0.2) is 30.3 Å². The molecule has 0 unspecified atom stereocenters. The monoisotopic (exact) mass is 354 g/mol. The third kappa shape index (κ3) is 3.66. The summed E-state index contributed by atoms with van der Waals surface area (Å²) in [6, 6.07) is 9.94. The van der Waals surface area contributed by atoms with Crippen LogP contribution in [0.4, 0.5) is 10.6 Å². The SMILES string of the molecule is CCN(CC)c1nc2c(c(-c3ccccc3)c1OC(=O)O)CCCCC2. The molecule has 0 atom stereocenters. The first kappa shape index (κ1) is 18.2. The van der Waals surface area contributed by atoms with Gasteiger partial charge in [-0.15, -0.1) is 0 Å². The van der Waals surface area contributed by atoms with Gasteiger partial charge in [0.1, 0.15) is 0 Å². The van der Waals surface area contributed by atoms with Crippen molar-refractivity contribution in [3.05, 3.63) is 41.6 Å². The Balaban J connectivity index is 2.32. The number of carboxylic acid groups (broad SMARTS) is 1. The zero-order chi connectivity index (χ0) is 18.5. The Hall–Kier alpha value is -2.56. The minimum Gasteiger partial charge on any atom is -0.449 e. The first-order valence-corrected chi connectivity index (χ1v) is 9.42. The number of rotatable bonds is 5. The van der Waals surface area contributed by atoms with Crippen LogP contribution >= 0.6 is 0 Å². The highest BCUT2D eigenvalue weighted by atomic mass is 16.7. The predicted molar refractivity (Wildman–Crippen MR) is 103 cm³/mol. The molecule has 1 N–H and O–H groups in total. The van der Waals surface area contributed by atoms with Crippen molar-refractivity contribution in [3.63, 3.8) is 0 Å². The van der Waals surface area contributed by atoms with Crippen LogP contribution in [-0.4, -0.2) is 29.3 Å². The standard InChI is InChI=1S/C21H26N2O3/c1-3-23(4-2)20-19(26-21(24)25)18(15-11-7-5-8-12-15)16-13-9-6-10-14-17(16)22-20/h5,7-8,11-12H,3-4,6,9-10,13-14H2,1-2H3,(H,24,25). The fourth-order valence-corrected chi connectivity index (χ4v) is 3.72. The Kier molecular flexibility index (Phi) is 5.76. The Morgan fingerprint density at radius 2 is 1.81 bits per heavy atom. The summed E-state index contributed by atoms with van der Waals surface area (Å²) < 4.78 is 5.33. The summed E-state index contributed by atoms with van der Waals surface area (Å²) in [7, 11) is 0. The molecule has 5 nitrogen and oxygen atoms in total. The van der Waals surface area contributed by atoms with E-state index in [1.165, 1.54) is 6.42 Å². The van der Waals surface area contributed by atoms with Crippen LogP contribution in [0.25, 0.3) is 11.1 Å². The molecule has 0 saturated heterocycles. The molecule has 1 aromatic carbocycles. The molecule has 0 spiro atoms. The number of fused-ring (bicyclic) bond motifs is 1. The summed E-state index contributed by atoms with van der Waals surface area (Å²) in [6.07, 6.45) is 3.90. The van der Waals surface area contributed by atoms with Gasteiger partial charge >= 0.3 is 6.16 Å². The van der Waals surface area contributed by atoms with E-state index in [4.69, 9.17) is 9.72 Å². The average Bonchev–Trinajstić information content (AvgIpc) is 2.88. The highest BCUT2D eigenvalue weighted by Crippen LogP contribution is 2.43. The minimum atomic E-state index is -1.30. The average molecular weight is 354 g/mol. The van der Waals surface area contributed by atoms with Crippen molar-refractivity contribution in [1.82, 2.24) is 4.98 Å². The number of hydrogen-bond donors (Lipinski definition) is 1.